The molecule has 0 atom stereocenters. The number of hydrogen-bond donors (Lipinski definition) is 0. The molecule has 5 heteroatoms. The topological polar surface area (TPSA) is 33.5 Å². The number of pyridine rings is 1. The van der Waals surface area contributed by atoms with E-state index in [1.54, 1.807) is 0 Å². The summed E-state index contributed by atoms with van der Waals surface area (Å²) in [4.78, 5) is 11.9. The summed E-state index contributed by atoms with van der Waals surface area (Å²) >= 11 is 0. The average Bonchev–Trinajstić information content (AvgIpc) is 4.06. The SMILES string of the molecule is CC(C)N1ON(c2cccc(C3(c4ccc5c6ccccc6n(-c6cc(-c7c(-c8ccccc8)cccc7-c7ccccc7)ccn6)c5c4)c4ccccc4-c4ccccc43)c2)c2ccccc21. The molecule has 5 nitrogen and oxygen atoms in total. The number of hydroxylamine groups is 1. The fraction of sp³-hybridized carbons (Fsp3) is 0.0635. The van der Waals surface area contributed by atoms with E-state index in [2.05, 4.69) is 249 Å². The highest BCUT2D eigenvalue weighted by molar-refractivity contribution is 6.10. The zero-order valence-electron chi connectivity index (χ0n) is 37.8. The normalized spacial score (nSPS) is 13.6. The van der Waals surface area contributed by atoms with Gasteiger partial charge in [0.05, 0.1) is 39.6 Å². The van der Waals surface area contributed by atoms with Crippen molar-refractivity contribution in [3.63, 3.8) is 0 Å². The zero-order chi connectivity index (χ0) is 45.3. The molecule has 3 heterocycles. The maximum atomic E-state index is 6.69. The summed E-state index contributed by atoms with van der Waals surface area (Å²) in [6.07, 6.45) is 1.97. The van der Waals surface area contributed by atoms with Gasteiger partial charge in [0.15, 0.2) is 0 Å². The molecule has 0 unspecified atom stereocenters. The zero-order valence-corrected chi connectivity index (χ0v) is 37.8. The smallest absolute Gasteiger partial charge is 0.138 e. The van der Waals surface area contributed by atoms with E-state index in [0.717, 1.165) is 45.0 Å². The molecule has 0 amide bonds. The molecule has 1 aliphatic heterocycles. The molecular formula is C63H46N4O. The first-order chi connectivity index (χ1) is 33.6. The van der Waals surface area contributed by atoms with Gasteiger partial charge in [-0.3, -0.25) is 4.57 Å². The van der Waals surface area contributed by atoms with Gasteiger partial charge in [0.1, 0.15) is 5.82 Å². The second kappa shape index (κ2) is 15.8. The van der Waals surface area contributed by atoms with E-state index in [1.807, 2.05) is 16.3 Å². The van der Waals surface area contributed by atoms with Gasteiger partial charge in [0, 0.05) is 17.0 Å². The summed E-state index contributed by atoms with van der Waals surface area (Å²) in [6, 6.07) is 83.8. The van der Waals surface area contributed by atoms with Crippen LogP contribution in [0.4, 0.5) is 17.1 Å². The van der Waals surface area contributed by atoms with Crippen molar-refractivity contribution in [2.24, 2.45) is 0 Å². The lowest BCUT2D eigenvalue weighted by atomic mass is 9.67. The largest absolute Gasteiger partial charge is 0.294 e. The second-order valence-corrected chi connectivity index (χ2v) is 18.1. The fourth-order valence-electron chi connectivity index (χ4n) is 11.2. The van der Waals surface area contributed by atoms with Crippen LogP contribution in [0.15, 0.2) is 237 Å². The summed E-state index contributed by atoms with van der Waals surface area (Å²) in [6.45, 7) is 4.32. The number of hydrogen-bond acceptors (Lipinski definition) is 4. The van der Waals surface area contributed by atoms with E-state index in [0.29, 0.717) is 0 Å². The van der Waals surface area contributed by atoms with Crippen molar-refractivity contribution in [1.29, 1.82) is 0 Å². The van der Waals surface area contributed by atoms with Crippen LogP contribution in [0.3, 0.4) is 0 Å². The monoisotopic (exact) mass is 874 g/mol. The van der Waals surface area contributed by atoms with Gasteiger partial charge in [-0.25, -0.2) is 10.0 Å². The highest BCUT2D eigenvalue weighted by Crippen LogP contribution is 2.57. The molecule has 11 aromatic rings. The van der Waals surface area contributed by atoms with E-state index < -0.39 is 5.41 Å². The number of anilines is 3. The Labute approximate surface area is 396 Å². The van der Waals surface area contributed by atoms with E-state index in [1.165, 1.54) is 66.4 Å². The van der Waals surface area contributed by atoms with Crippen LogP contribution in [0.2, 0.25) is 0 Å². The van der Waals surface area contributed by atoms with Gasteiger partial charge in [-0.05, 0) is 129 Å². The fourth-order valence-corrected chi connectivity index (χ4v) is 11.2. The van der Waals surface area contributed by atoms with Crippen LogP contribution in [0.5, 0.6) is 0 Å². The molecule has 0 N–H and O–H groups in total. The number of fused-ring (bicyclic) bond motifs is 7. The van der Waals surface area contributed by atoms with E-state index in [4.69, 9.17) is 9.92 Å². The average molecular weight is 875 g/mol. The number of aromatic nitrogens is 2. The molecular weight excluding hydrogens is 829 g/mol. The Hall–Kier alpha value is -8.51. The van der Waals surface area contributed by atoms with Gasteiger partial charge in [0.25, 0.3) is 0 Å². The van der Waals surface area contributed by atoms with Gasteiger partial charge in [-0.15, -0.1) is 4.94 Å². The summed E-state index contributed by atoms with van der Waals surface area (Å²) in [5.74, 6) is 0.857. The van der Waals surface area contributed by atoms with Crippen LogP contribution < -0.4 is 10.1 Å². The quantitative estimate of drug-likeness (QED) is 0.152. The van der Waals surface area contributed by atoms with Crippen molar-refractivity contribution in [2.75, 3.05) is 10.1 Å². The third-order valence-electron chi connectivity index (χ3n) is 14.0. The van der Waals surface area contributed by atoms with E-state index in [-0.39, 0.29) is 6.04 Å². The number of para-hydroxylation sites is 3. The van der Waals surface area contributed by atoms with Crippen LogP contribution in [-0.4, -0.2) is 15.6 Å². The minimum Gasteiger partial charge on any atom is -0.294 e. The van der Waals surface area contributed by atoms with Gasteiger partial charge >= 0.3 is 0 Å². The molecule has 324 valence electrons. The van der Waals surface area contributed by atoms with Crippen molar-refractivity contribution in [2.45, 2.75) is 25.3 Å². The molecule has 13 rings (SSSR count). The lowest BCUT2D eigenvalue weighted by molar-refractivity contribution is 0.112. The highest BCUT2D eigenvalue weighted by Gasteiger charge is 2.46. The lowest BCUT2D eigenvalue weighted by Crippen LogP contribution is -2.31. The Bertz CT molecular complexity index is 3620. The first-order valence-electron chi connectivity index (χ1n) is 23.5. The third-order valence-corrected chi connectivity index (χ3v) is 14.0. The summed E-state index contributed by atoms with van der Waals surface area (Å²) < 4.78 is 2.37. The molecule has 1 aliphatic carbocycles. The Morgan fingerprint density at radius 3 is 1.72 bits per heavy atom. The Morgan fingerprint density at radius 1 is 0.441 bits per heavy atom. The first kappa shape index (κ1) is 39.8. The number of rotatable bonds is 8. The third kappa shape index (κ3) is 6.03. The van der Waals surface area contributed by atoms with Crippen molar-refractivity contribution in [3.05, 3.63) is 259 Å². The maximum Gasteiger partial charge on any atom is 0.138 e. The van der Waals surface area contributed by atoms with Crippen molar-refractivity contribution in [3.8, 4) is 50.3 Å². The molecule has 0 radical (unpaired) electrons. The minimum atomic E-state index is -0.676. The number of benzene rings is 9. The Balaban J connectivity index is 1.05. The van der Waals surface area contributed by atoms with Crippen LogP contribution in [0.1, 0.15) is 36.1 Å². The van der Waals surface area contributed by atoms with E-state index in [9.17, 15) is 0 Å². The van der Waals surface area contributed by atoms with Gasteiger partial charge in [0.2, 0.25) is 0 Å². The van der Waals surface area contributed by atoms with Crippen LogP contribution in [0.25, 0.3) is 72.1 Å². The molecule has 2 aromatic heterocycles. The maximum absolute atomic E-state index is 6.69. The van der Waals surface area contributed by atoms with Gasteiger partial charge in [-0.1, -0.05) is 182 Å². The molecule has 0 bridgehead atoms. The Morgan fingerprint density at radius 2 is 1.01 bits per heavy atom. The molecule has 0 saturated heterocycles. The molecule has 0 fully saturated rings. The molecule has 0 spiro atoms. The van der Waals surface area contributed by atoms with Crippen molar-refractivity contribution in [1.82, 2.24) is 9.55 Å². The summed E-state index contributed by atoms with van der Waals surface area (Å²) in [5, 5.41) is 6.33. The van der Waals surface area contributed by atoms with Crippen LogP contribution >= 0.6 is 0 Å². The minimum absolute atomic E-state index is 0.141. The van der Waals surface area contributed by atoms with Gasteiger partial charge < -0.3 is 0 Å². The second-order valence-electron chi connectivity index (χ2n) is 18.1. The first-order valence-corrected chi connectivity index (χ1v) is 23.5. The van der Waals surface area contributed by atoms with Crippen molar-refractivity contribution >= 4 is 38.9 Å². The predicted molar refractivity (Wildman–Crippen MR) is 279 cm³/mol. The molecule has 0 saturated carbocycles. The van der Waals surface area contributed by atoms with Crippen LogP contribution in [-0.2, 0) is 10.4 Å². The van der Waals surface area contributed by atoms with Gasteiger partial charge in [-0.2, -0.15) is 5.06 Å². The lowest BCUT2D eigenvalue weighted by Gasteiger charge is -2.34. The number of nitrogens with zero attached hydrogens (tertiary/aromatic N) is 4. The summed E-state index contributed by atoms with van der Waals surface area (Å²) in [5.41, 5.74) is 18.8. The summed E-state index contributed by atoms with van der Waals surface area (Å²) in [7, 11) is 0. The predicted octanol–water partition coefficient (Wildman–Crippen LogP) is 15.8. The van der Waals surface area contributed by atoms with E-state index >= 15 is 0 Å². The highest BCUT2D eigenvalue weighted by atomic mass is 16.8. The Kier molecular flexibility index (Phi) is 9.27. The van der Waals surface area contributed by atoms with Crippen molar-refractivity contribution < 1.29 is 4.94 Å². The standard InChI is InChI=1S/C63H46N4O/c1-42(2)66-58-33-15-16-34-59(58)67(68-66)48-24-17-23-46(40-48)63(55-30-12-9-25-51(55)52-26-10-13-31-56(52)63)47-35-36-54-53-27-11-14-32-57(53)65(60(54)41-47)61-39-45(37-38-64-61)62-49(43-19-5-3-6-20-43)28-18-29-50(62)44-21-7-4-8-22-44/h3-42H,1-2H3. The van der Waals surface area contributed by atoms with Crippen LogP contribution in [0, 0.1) is 0 Å². The molecule has 68 heavy (non-hydrogen) atoms. The molecule has 2 aliphatic rings. The molecule has 9 aromatic carbocycles.